The van der Waals surface area contributed by atoms with Crippen molar-refractivity contribution in [3.8, 4) is 0 Å². The van der Waals surface area contributed by atoms with Crippen LogP contribution in [0, 0.1) is 0 Å². The van der Waals surface area contributed by atoms with Crippen molar-refractivity contribution in [1.29, 1.82) is 0 Å². The van der Waals surface area contributed by atoms with Gasteiger partial charge in [-0.25, -0.2) is 13.4 Å². The third-order valence-electron chi connectivity index (χ3n) is 5.95. The molecule has 2 fully saturated rings. The third kappa shape index (κ3) is 4.02. The second-order valence-corrected chi connectivity index (χ2v) is 10.0. The van der Waals surface area contributed by atoms with Crippen LogP contribution in [0.1, 0.15) is 22.3 Å². The first-order valence-electron chi connectivity index (χ1n) is 10.5. The maximum absolute atomic E-state index is 13.1. The number of imidazole rings is 1. The molecule has 2 aliphatic rings. The van der Waals surface area contributed by atoms with Crippen LogP contribution < -0.4 is 5.32 Å². The highest BCUT2D eigenvalue weighted by atomic mass is 32.2. The van der Waals surface area contributed by atoms with Gasteiger partial charge in [-0.15, -0.1) is 0 Å². The maximum atomic E-state index is 13.1. The van der Waals surface area contributed by atoms with Gasteiger partial charge in [0.05, 0.1) is 23.7 Å². The standard InChI is InChI=1S/C22H24N4O5S/c27-21(18-3-6-20-23-8-9-25(20)14-18)24-13-17-1-4-19(5-2-17)32(28,29)26-10-12-31-22(15-26)7-11-30-16-22/h1-6,8-9,14H,7,10-13,15-16H2,(H,24,27). The Morgan fingerprint density at radius 3 is 2.78 bits per heavy atom. The van der Waals surface area contributed by atoms with E-state index in [4.69, 9.17) is 9.47 Å². The number of carbonyl (C=O) groups is 1. The van der Waals surface area contributed by atoms with Gasteiger partial charge in [0.25, 0.3) is 5.91 Å². The Morgan fingerprint density at radius 1 is 1.16 bits per heavy atom. The second-order valence-electron chi connectivity index (χ2n) is 8.11. The van der Waals surface area contributed by atoms with Crippen molar-refractivity contribution < 1.29 is 22.7 Å². The Kier molecular flexibility index (Phi) is 5.46. The molecule has 2 aliphatic heterocycles. The molecule has 0 radical (unpaired) electrons. The molecule has 1 N–H and O–H groups in total. The highest BCUT2D eigenvalue weighted by Gasteiger charge is 2.43. The van der Waals surface area contributed by atoms with E-state index in [9.17, 15) is 13.2 Å². The van der Waals surface area contributed by atoms with E-state index >= 15 is 0 Å². The summed E-state index contributed by atoms with van der Waals surface area (Å²) < 4.78 is 40.8. The highest BCUT2D eigenvalue weighted by Crippen LogP contribution is 2.30. The summed E-state index contributed by atoms with van der Waals surface area (Å²) in [6.45, 7) is 2.28. The molecule has 168 valence electrons. The zero-order valence-electron chi connectivity index (χ0n) is 17.4. The van der Waals surface area contributed by atoms with Gasteiger partial charge in [0.2, 0.25) is 10.0 Å². The number of carbonyl (C=O) groups excluding carboxylic acids is 1. The van der Waals surface area contributed by atoms with Crippen LogP contribution in [0.25, 0.3) is 5.65 Å². The van der Waals surface area contributed by atoms with Crippen molar-refractivity contribution in [2.75, 3.05) is 32.9 Å². The number of hydrogen-bond donors (Lipinski definition) is 1. The molecule has 0 bridgehead atoms. The van der Waals surface area contributed by atoms with E-state index in [1.165, 1.54) is 4.31 Å². The van der Waals surface area contributed by atoms with Gasteiger partial charge in [0, 0.05) is 51.3 Å². The van der Waals surface area contributed by atoms with E-state index in [2.05, 4.69) is 10.3 Å². The molecular weight excluding hydrogens is 432 g/mol. The maximum Gasteiger partial charge on any atom is 0.253 e. The molecular formula is C22H24N4O5S. The topological polar surface area (TPSA) is 102 Å². The molecule has 1 spiro atoms. The number of fused-ring (bicyclic) bond motifs is 1. The average molecular weight is 457 g/mol. The molecule has 2 saturated heterocycles. The lowest BCUT2D eigenvalue weighted by atomic mass is 10.0. The molecule has 4 heterocycles. The van der Waals surface area contributed by atoms with Crippen molar-refractivity contribution in [2.24, 2.45) is 0 Å². The van der Waals surface area contributed by atoms with Gasteiger partial charge in [0.15, 0.2) is 0 Å². The average Bonchev–Trinajstić information content (AvgIpc) is 3.47. The first kappa shape index (κ1) is 21.1. The van der Waals surface area contributed by atoms with E-state index in [1.807, 2.05) is 0 Å². The largest absolute Gasteiger partial charge is 0.378 e. The predicted molar refractivity (Wildman–Crippen MR) is 116 cm³/mol. The van der Waals surface area contributed by atoms with Crippen LogP contribution in [0.5, 0.6) is 0 Å². The van der Waals surface area contributed by atoms with E-state index in [0.29, 0.717) is 51.4 Å². The first-order chi connectivity index (χ1) is 15.5. The SMILES string of the molecule is O=C(NCc1ccc(S(=O)(=O)N2CCOC3(CCOC3)C2)cc1)c1ccc2nccn2c1. The fourth-order valence-corrected chi connectivity index (χ4v) is 5.61. The number of amides is 1. The Balaban J connectivity index is 1.24. The third-order valence-corrected chi connectivity index (χ3v) is 7.81. The lowest BCUT2D eigenvalue weighted by Gasteiger charge is -2.38. The van der Waals surface area contributed by atoms with Crippen molar-refractivity contribution in [1.82, 2.24) is 19.0 Å². The van der Waals surface area contributed by atoms with Crippen LogP contribution in [-0.4, -0.2) is 66.5 Å². The zero-order valence-corrected chi connectivity index (χ0v) is 18.3. The fourth-order valence-electron chi connectivity index (χ4n) is 4.11. The summed E-state index contributed by atoms with van der Waals surface area (Å²) in [5.74, 6) is -0.213. The van der Waals surface area contributed by atoms with Gasteiger partial charge in [-0.1, -0.05) is 12.1 Å². The number of aromatic nitrogens is 2. The molecule has 0 saturated carbocycles. The minimum absolute atomic E-state index is 0.213. The van der Waals surface area contributed by atoms with Crippen molar-refractivity contribution in [3.05, 3.63) is 66.1 Å². The molecule has 5 rings (SSSR count). The molecule has 3 aromatic rings. The minimum Gasteiger partial charge on any atom is -0.378 e. The van der Waals surface area contributed by atoms with Crippen LogP contribution in [0.2, 0.25) is 0 Å². The second kappa shape index (κ2) is 8.28. The van der Waals surface area contributed by atoms with Gasteiger partial charge in [0.1, 0.15) is 11.2 Å². The number of pyridine rings is 1. The quantitative estimate of drug-likeness (QED) is 0.624. The molecule has 2 aromatic heterocycles. The molecule has 9 nitrogen and oxygen atoms in total. The Morgan fingerprint density at radius 2 is 2.00 bits per heavy atom. The van der Waals surface area contributed by atoms with E-state index in [1.54, 1.807) is 59.4 Å². The summed E-state index contributed by atoms with van der Waals surface area (Å²) in [6, 6.07) is 10.1. The predicted octanol–water partition coefficient (Wildman–Crippen LogP) is 1.44. The molecule has 10 heteroatoms. The highest BCUT2D eigenvalue weighted by molar-refractivity contribution is 7.89. The van der Waals surface area contributed by atoms with Crippen LogP contribution in [-0.2, 0) is 26.0 Å². The van der Waals surface area contributed by atoms with Gasteiger partial charge in [-0.05, 0) is 29.8 Å². The summed E-state index contributed by atoms with van der Waals surface area (Å²) in [6.07, 6.45) is 5.87. The molecule has 1 amide bonds. The number of ether oxygens (including phenoxy) is 2. The van der Waals surface area contributed by atoms with Crippen LogP contribution in [0.4, 0.5) is 0 Å². The van der Waals surface area contributed by atoms with Gasteiger partial charge >= 0.3 is 0 Å². The molecule has 1 unspecified atom stereocenters. The fraction of sp³-hybridized carbons (Fsp3) is 0.364. The Labute approximate surface area is 186 Å². The van der Waals surface area contributed by atoms with Crippen LogP contribution in [0.3, 0.4) is 0 Å². The smallest absolute Gasteiger partial charge is 0.253 e. The van der Waals surface area contributed by atoms with Crippen LogP contribution in [0.15, 0.2) is 59.9 Å². The lowest BCUT2D eigenvalue weighted by molar-refractivity contribution is -0.0897. The van der Waals surface area contributed by atoms with E-state index in [-0.39, 0.29) is 10.8 Å². The van der Waals surface area contributed by atoms with Gasteiger partial charge < -0.3 is 19.2 Å². The van der Waals surface area contributed by atoms with Crippen molar-refractivity contribution in [3.63, 3.8) is 0 Å². The Bertz CT molecular complexity index is 1230. The molecule has 1 atom stereocenters. The summed E-state index contributed by atoms with van der Waals surface area (Å²) in [5.41, 5.74) is 1.57. The van der Waals surface area contributed by atoms with E-state index < -0.39 is 15.6 Å². The van der Waals surface area contributed by atoms with Crippen molar-refractivity contribution >= 4 is 21.6 Å². The van der Waals surface area contributed by atoms with Crippen molar-refractivity contribution in [2.45, 2.75) is 23.5 Å². The van der Waals surface area contributed by atoms with Gasteiger partial charge in [-0.3, -0.25) is 4.79 Å². The first-order valence-corrected chi connectivity index (χ1v) is 11.9. The number of hydrogen-bond acceptors (Lipinski definition) is 6. The minimum atomic E-state index is -3.63. The molecule has 32 heavy (non-hydrogen) atoms. The summed E-state index contributed by atoms with van der Waals surface area (Å²) >= 11 is 0. The number of rotatable bonds is 5. The monoisotopic (exact) mass is 456 g/mol. The summed E-state index contributed by atoms with van der Waals surface area (Å²) in [4.78, 5) is 16.9. The number of morpholine rings is 1. The zero-order chi connectivity index (χ0) is 22.2. The normalized spacial score (nSPS) is 21.9. The lowest BCUT2D eigenvalue weighted by Crippen LogP contribution is -2.54. The van der Waals surface area contributed by atoms with Gasteiger partial charge in [-0.2, -0.15) is 4.31 Å². The summed E-state index contributed by atoms with van der Waals surface area (Å²) in [7, 11) is -3.63. The number of nitrogens with zero attached hydrogens (tertiary/aromatic N) is 3. The van der Waals surface area contributed by atoms with E-state index in [0.717, 1.165) is 11.2 Å². The number of benzene rings is 1. The Hall–Kier alpha value is -2.79. The number of sulfonamides is 1. The summed E-state index contributed by atoms with van der Waals surface area (Å²) in [5, 5.41) is 2.86. The molecule has 1 aromatic carbocycles. The molecule has 0 aliphatic carbocycles. The van der Waals surface area contributed by atoms with Crippen LogP contribution >= 0.6 is 0 Å². The number of nitrogens with one attached hydrogen (secondary N) is 1.